The number of carboxylic acids is 1. The van der Waals surface area contributed by atoms with Crippen LogP contribution in [0.25, 0.3) is 0 Å². The summed E-state index contributed by atoms with van der Waals surface area (Å²) in [5.74, 6) is -0.992. The average molecular weight is 270 g/mol. The molecule has 0 aliphatic carbocycles. The van der Waals surface area contributed by atoms with E-state index in [1.807, 2.05) is 23.8 Å². The van der Waals surface area contributed by atoms with Crippen LogP contribution in [0.4, 0.5) is 4.79 Å². The molecule has 0 aliphatic rings. The Hall–Kier alpha value is -1.56. The molecule has 0 bridgehead atoms. The third kappa shape index (κ3) is 5.18. The lowest BCUT2D eigenvalue weighted by atomic mass is 10.1. The van der Waals surface area contributed by atoms with Gasteiger partial charge in [0.1, 0.15) is 6.04 Å². The Morgan fingerprint density at radius 1 is 1.50 bits per heavy atom. The van der Waals surface area contributed by atoms with Crippen LogP contribution >= 0.6 is 11.3 Å². The number of rotatable bonds is 7. The fourth-order valence-electron chi connectivity index (χ4n) is 1.45. The zero-order chi connectivity index (χ0) is 13.4. The molecule has 1 aromatic heterocycles. The summed E-state index contributed by atoms with van der Waals surface area (Å²) in [6.45, 7) is 2.39. The van der Waals surface area contributed by atoms with Gasteiger partial charge in [0.2, 0.25) is 0 Å². The van der Waals surface area contributed by atoms with Crippen LogP contribution in [0.5, 0.6) is 0 Å². The van der Waals surface area contributed by atoms with E-state index in [0.717, 1.165) is 18.4 Å². The maximum Gasteiger partial charge on any atom is 0.326 e. The summed E-state index contributed by atoms with van der Waals surface area (Å²) in [4.78, 5) is 22.5. The number of amides is 2. The van der Waals surface area contributed by atoms with Crippen LogP contribution in [0, 0.1) is 0 Å². The van der Waals surface area contributed by atoms with Crippen molar-refractivity contribution in [2.45, 2.75) is 38.8 Å². The van der Waals surface area contributed by atoms with Gasteiger partial charge in [-0.05, 0) is 28.8 Å². The number of thiophene rings is 1. The van der Waals surface area contributed by atoms with Crippen molar-refractivity contribution in [3.63, 3.8) is 0 Å². The summed E-state index contributed by atoms with van der Waals surface area (Å²) < 4.78 is 0. The maximum atomic E-state index is 11.5. The van der Waals surface area contributed by atoms with Gasteiger partial charge in [-0.15, -0.1) is 0 Å². The van der Waals surface area contributed by atoms with Gasteiger partial charge >= 0.3 is 12.0 Å². The van der Waals surface area contributed by atoms with Crippen LogP contribution in [-0.4, -0.2) is 23.1 Å². The lowest BCUT2D eigenvalue weighted by Crippen LogP contribution is -2.45. The van der Waals surface area contributed by atoms with Crippen molar-refractivity contribution in [3.05, 3.63) is 22.4 Å². The second-order valence-corrected chi connectivity index (χ2v) is 4.77. The summed E-state index contributed by atoms with van der Waals surface area (Å²) >= 11 is 1.56. The van der Waals surface area contributed by atoms with Crippen LogP contribution in [0.2, 0.25) is 0 Å². The van der Waals surface area contributed by atoms with E-state index >= 15 is 0 Å². The molecule has 2 amide bonds. The highest BCUT2D eigenvalue weighted by Crippen LogP contribution is 2.05. The number of nitrogens with one attached hydrogen (secondary N) is 2. The van der Waals surface area contributed by atoms with E-state index < -0.39 is 18.0 Å². The van der Waals surface area contributed by atoms with Gasteiger partial charge in [0.25, 0.3) is 0 Å². The predicted octanol–water partition coefficient (Wildman–Crippen LogP) is 2.19. The maximum absolute atomic E-state index is 11.5. The first-order chi connectivity index (χ1) is 8.63. The van der Waals surface area contributed by atoms with Crippen molar-refractivity contribution >= 4 is 23.3 Å². The molecule has 0 fully saturated rings. The minimum atomic E-state index is -0.992. The number of carbonyl (C=O) groups is 2. The minimum Gasteiger partial charge on any atom is -0.480 e. The highest BCUT2D eigenvalue weighted by molar-refractivity contribution is 7.07. The Bertz CT molecular complexity index is 379. The number of hydrogen-bond donors (Lipinski definition) is 3. The van der Waals surface area contributed by atoms with Gasteiger partial charge in [-0.25, -0.2) is 9.59 Å². The summed E-state index contributed by atoms with van der Waals surface area (Å²) in [5, 5.41) is 17.9. The van der Waals surface area contributed by atoms with Crippen LogP contribution in [-0.2, 0) is 11.3 Å². The molecule has 5 nitrogen and oxygen atoms in total. The number of unbranched alkanes of at least 4 members (excludes halogenated alkanes) is 1. The normalized spacial score (nSPS) is 11.8. The van der Waals surface area contributed by atoms with Crippen molar-refractivity contribution in [3.8, 4) is 0 Å². The van der Waals surface area contributed by atoms with E-state index in [-0.39, 0.29) is 0 Å². The SMILES string of the molecule is CCCC[C@H](NC(=O)NCc1ccsc1)C(=O)O. The van der Waals surface area contributed by atoms with Crippen molar-refractivity contribution in [2.75, 3.05) is 0 Å². The van der Waals surface area contributed by atoms with Crippen LogP contribution in [0.15, 0.2) is 16.8 Å². The Balaban J connectivity index is 2.34. The first-order valence-corrected chi connectivity index (χ1v) is 6.86. The average Bonchev–Trinajstić information content (AvgIpc) is 2.84. The topological polar surface area (TPSA) is 78.4 Å². The second kappa shape index (κ2) is 7.71. The summed E-state index contributed by atoms with van der Waals surface area (Å²) in [6.07, 6.45) is 2.14. The molecule has 0 aromatic carbocycles. The number of aliphatic carboxylic acids is 1. The number of hydrogen-bond acceptors (Lipinski definition) is 3. The molecule has 1 atom stereocenters. The zero-order valence-corrected chi connectivity index (χ0v) is 11.1. The minimum absolute atomic E-state index is 0.412. The first kappa shape index (κ1) is 14.5. The molecule has 0 aliphatic heterocycles. The third-order valence-electron chi connectivity index (χ3n) is 2.48. The van der Waals surface area contributed by atoms with Crippen molar-refractivity contribution < 1.29 is 14.7 Å². The Morgan fingerprint density at radius 2 is 2.28 bits per heavy atom. The monoisotopic (exact) mass is 270 g/mol. The number of carboxylic acid groups (broad SMARTS) is 1. The fourth-order valence-corrected chi connectivity index (χ4v) is 2.12. The van der Waals surface area contributed by atoms with Gasteiger partial charge in [0.15, 0.2) is 0 Å². The molecule has 3 N–H and O–H groups in total. The number of carbonyl (C=O) groups excluding carboxylic acids is 1. The van der Waals surface area contributed by atoms with Crippen LogP contribution in [0.3, 0.4) is 0 Å². The molecular weight excluding hydrogens is 252 g/mol. The van der Waals surface area contributed by atoms with Gasteiger partial charge in [-0.2, -0.15) is 11.3 Å². The van der Waals surface area contributed by atoms with Gasteiger partial charge in [0, 0.05) is 6.54 Å². The van der Waals surface area contributed by atoms with E-state index in [9.17, 15) is 9.59 Å². The molecule has 0 saturated heterocycles. The molecule has 0 saturated carbocycles. The molecule has 100 valence electrons. The number of urea groups is 1. The second-order valence-electron chi connectivity index (χ2n) is 3.99. The molecule has 18 heavy (non-hydrogen) atoms. The van der Waals surface area contributed by atoms with Gasteiger partial charge in [0.05, 0.1) is 0 Å². The Labute approximate surface area is 110 Å². The van der Waals surface area contributed by atoms with E-state index in [1.54, 1.807) is 11.3 Å². The molecule has 6 heteroatoms. The van der Waals surface area contributed by atoms with Crippen molar-refractivity contribution in [2.24, 2.45) is 0 Å². The summed E-state index contributed by atoms with van der Waals surface area (Å²) in [7, 11) is 0. The fraction of sp³-hybridized carbons (Fsp3) is 0.500. The molecule has 1 rings (SSSR count). The summed E-state index contributed by atoms with van der Waals surface area (Å²) in [5.41, 5.74) is 1.01. The smallest absolute Gasteiger partial charge is 0.326 e. The van der Waals surface area contributed by atoms with E-state index in [4.69, 9.17) is 5.11 Å². The molecule has 0 unspecified atom stereocenters. The van der Waals surface area contributed by atoms with Gasteiger partial charge in [-0.3, -0.25) is 0 Å². The largest absolute Gasteiger partial charge is 0.480 e. The van der Waals surface area contributed by atoms with Crippen molar-refractivity contribution in [1.82, 2.24) is 10.6 Å². The lowest BCUT2D eigenvalue weighted by Gasteiger charge is -2.14. The lowest BCUT2D eigenvalue weighted by molar-refractivity contribution is -0.139. The first-order valence-electron chi connectivity index (χ1n) is 5.91. The molecule has 0 spiro atoms. The van der Waals surface area contributed by atoms with Crippen LogP contribution in [0.1, 0.15) is 31.7 Å². The van der Waals surface area contributed by atoms with Crippen molar-refractivity contribution in [1.29, 1.82) is 0 Å². The highest BCUT2D eigenvalue weighted by atomic mass is 32.1. The molecule has 1 heterocycles. The van der Waals surface area contributed by atoms with E-state index in [1.165, 1.54) is 0 Å². The third-order valence-corrected chi connectivity index (χ3v) is 3.21. The Morgan fingerprint density at radius 3 is 2.83 bits per heavy atom. The molecule has 0 radical (unpaired) electrons. The predicted molar refractivity (Wildman–Crippen MR) is 70.6 cm³/mol. The van der Waals surface area contributed by atoms with Gasteiger partial charge in [-0.1, -0.05) is 19.8 Å². The van der Waals surface area contributed by atoms with E-state index in [2.05, 4.69) is 10.6 Å². The zero-order valence-electron chi connectivity index (χ0n) is 10.3. The summed E-state index contributed by atoms with van der Waals surface area (Å²) in [6, 6.07) is 0.661. The molecule has 1 aromatic rings. The Kier molecular flexibility index (Phi) is 6.21. The quantitative estimate of drug-likeness (QED) is 0.710. The molecular formula is C12H18N2O3S. The van der Waals surface area contributed by atoms with Crippen LogP contribution < -0.4 is 10.6 Å². The standard InChI is InChI=1S/C12H18N2O3S/c1-2-3-4-10(11(15)16)14-12(17)13-7-9-5-6-18-8-9/h5-6,8,10H,2-4,7H2,1H3,(H,15,16)(H2,13,14,17)/t10-/m0/s1. The van der Waals surface area contributed by atoms with E-state index in [0.29, 0.717) is 13.0 Å². The van der Waals surface area contributed by atoms with Gasteiger partial charge < -0.3 is 15.7 Å². The highest BCUT2D eigenvalue weighted by Gasteiger charge is 2.18.